The van der Waals surface area contributed by atoms with E-state index in [0.29, 0.717) is 12.4 Å². The third-order valence-electron chi connectivity index (χ3n) is 4.33. The highest BCUT2D eigenvalue weighted by Gasteiger charge is 2.22. The zero-order chi connectivity index (χ0) is 17.2. The van der Waals surface area contributed by atoms with Crippen molar-refractivity contribution in [3.05, 3.63) is 48.9 Å². The van der Waals surface area contributed by atoms with Crippen molar-refractivity contribution in [3.63, 3.8) is 0 Å². The van der Waals surface area contributed by atoms with E-state index in [-0.39, 0.29) is 6.10 Å². The fourth-order valence-electron chi connectivity index (χ4n) is 3.03. The van der Waals surface area contributed by atoms with Crippen LogP contribution in [0.4, 0.5) is 5.82 Å². The standard InChI is InChI=1S/C18H19N5O2/c1-25-14-3-4-15(16(11-14)23-9-2-7-20-23)18-19-8-5-17(21-18)22-10-6-13(24)12-22/h2-5,7-9,11,13,24H,6,10,12H2,1H3/t13-/m1/s1. The molecule has 4 rings (SSSR count). The molecule has 1 N–H and O–H groups in total. The highest BCUT2D eigenvalue weighted by atomic mass is 16.5. The molecule has 1 aliphatic heterocycles. The maximum atomic E-state index is 9.76. The maximum Gasteiger partial charge on any atom is 0.163 e. The van der Waals surface area contributed by atoms with Crippen LogP contribution in [-0.2, 0) is 0 Å². The van der Waals surface area contributed by atoms with Crippen molar-refractivity contribution in [1.29, 1.82) is 0 Å². The Labute approximate surface area is 145 Å². The van der Waals surface area contributed by atoms with Crippen LogP contribution in [0.15, 0.2) is 48.9 Å². The molecule has 25 heavy (non-hydrogen) atoms. The zero-order valence-electron chi connectivity index (χ0n) is 13.9. The summed E-state index contributed by atoms with van der Waals surface area (Å²) in [7, 11) is 1.64. The van der Waals surface area contributed by atoms with Crippen LogP contribution >= 0.6 is 0 Å². The second-order valence-corrected chi connectivity index (χ2v) is 5.96. The Hall–Kier alpha value is -2.93. The molecule has 7 heteroatoms. The summed E-state index contributed by atoms with van der Waals surface area (Å²) < 4.78 is 7.11. The molecule has 1 aliphatic rings. The quantitative estimate of drug-likeness (QED) is 0.784. The summed E-state index contributed by atoms with van der Waals surface area (Å²) in [6.07, 6.45) is 5.82. The van der Waals surface area contributed by atoms with Gasteiger partial charge in [-0.1, -0.05) is 0 Å². The highest BCUT2D eigenvalue weighted by molar-refractivity contribution is 5.69. The van der Waals surface area contributed by atoms with Gasteiger partial charge in [-0.15, -0.1) is 0 Å². The molecule has 1 aromatic carbocycles. The van der Waals surface area contributed by atoms with Crippen LogP contribution in [0.2, 0.25) is 0 Å². The van der Waals surface area contributed by atoms with E-state index in [0.717, 1.165) is 35.8 Å². The smallest absolute Gasteiger partial charge is 0.163 e. The molecular formula is C18H19N5O2. The number of aliphatic hydroxyl groups excluding tert-OH is 1. The summed E-state index contributed by atoms with van der Waals surface area (Å²) in [4.78, 5) is 11.2. The summed E-state index contributed by atoms with van der Waals surface area (Å²) in [5.41, 5.74) is 1.72. The molecule has 0 bridgehead atoms. The zero-order valence-corrected chi connectivity index (χ0v) is 13.9. The Kier molecular flexibility index (Phi) is 4.07. The van der Waals surface area contributed by atoms with Crippen molar-refractivity contribution in [1.82, 2.24) is 19.7 Å². The highest BCUT2D eigenvalue weighted by Crippen LogP contribution is 2.29. The Morgan fingerprint density at radius 1 is 1.24 bits per heavy atom. The molecule has 0 spiro atoms. The number of aromatic nitrogens is 4. The first kappa shape index (κ1) is 15.6. The average molecular weight is 337 g/mol. The third kappa shape index (κ3) is 3.06. The number of anilines is 1. The van der Waals surface area contributed by atoms with E-state index in [1.54, 1.807) is 24.2 Å². The van der Waals surface area contributed by atoms with Crippen LogP contribution in [0.3, 0.4) is 0 Å². The molecule has 2 aromatic heterocycles. The summed E-state index contributed by atoms with van der Waals surface area (Å²) >= 11 is 0. The van der Waals surface area contributed by atoms with Gasteiger partial charge in [0.25, 0.3) is 0 Å². The minimum Gasteiger partial charge on any atom is -0.497 e. The largest absolute Gasteiger partial charge is 0.497 e. The number of aliphatic hydroxyl groups is 1. The van der Waals surface area contributed by atoms with Crippen LogP contribution < -0.4 is 9.64 Å². The monoisotopic (exact) mass is 337 g/mol. The van der Waals surface area contributed by atoms with Crippen LogP contribution in [0, 0.1) is 0 Å². The van der Waals surface area contributed by atoms with E-state index in [4.69, 9.17) is 9.72 Å². The van der Waals surface area contributed by atoms with Crippen molar-refractivity contribution in [3.8, 4) is 22.8 Å². The predicted molar refractivity (Wildman–Crippen MR) is 94.0 cm³/mol. The first-order chi connectivity index (χ1) is 12.2. The Morgan fingerprint density at radius 3 is 2.88 bits per heavy atom. The van der Waals surface area contributed by atoms with Gasteiger partial charge in [-0.3, -0.25) is 0 Å². The molecule has 3 aromatic rings. The third-order valence-corrected chi connectivity index (χ3v) is 4.33. The molecule has 0 amide bonds. The SMILES string of the molecule is COc1ccc(-c2nccc(N3CC[C@@H](O)C3)n2)c(-n2cccn2)c1. The summed E-state index contributed by atoms with van der Waals surface area (Å²) in [6, 6.07) is 9.48. The fraction of sp³-hybridized carbons (Fsp3) is 0.278. The fourth-order valence-corrected chi connectivity index (χ4v) is 3.03. The van der Waals surface area contributed by atoms with Gasteiger partial charge in [0.1, 0.15) is 11.6 Å². The first-order valence-corrected chi connectivity index (χ1v) is 8.19. The second-order valence-electron chi connectivity index (χ2n) is 5.96. The lowest BCUT2D eigenvalue weighted by molar-refractivity contribution is 0.198. The molecule has 1 saturated heterocycles. The van der Waals surface area contributed by atoms with Crippen LogP contribution in [-0.4, -0.2) is 51.2 Å². The molecule has 0 aliphatic carbocycles. The molecule has 0 unspecified atom stereocenters. The first-order valence-electron chi connectivity index (χ1n) is 8.19. The number of methoxy groups -OCH3 is 1. The van der Waals surface area contributed by atoms with Crippen molar-refractivity contribution in [2.75, 3.05) is 25.1 Å². The number of ether oxygens (including phenoxy) is 1. The Morgan fingerprint density at radius 2 is 2.16 bits per heavy atom. The van der Waals surface area contributed by atoms with E-state index in [9.17, 15) is 5.11 Å². The van der Waals surface area contributed by atoms with Gasteiger partial charge in [-0.05, 0) is 30.7 Å². The molecule has 3 heterocycles. The number of hydrogen-bond acceptors (Lipinski definition) is 6. The van der Waals surface area contributed by atoms with E-state index in [2.05, 4.69) is 15.0 Å². The number of benzene rings is 1. The van der Waals surface area contributed by atoms with Gasteiger partial charge in [0, 0.05) is 43.3 Å². The van der Waals surface area contributed by atoms with Gasteiger partial charge < -0.3 is 14.7 Å². The Bertz CT molecular complexity index is 866. The van der Waals surface area contributed by atoms with Gasteiger partial charge in [-0.25, -0.2) is 14.6 Å². The molecule has 1 atom stereocenters. The molecule has 7 nitrogen and oxygen atoms in total. The molecule has 0 radical (unpaired) electrons. The number of nitrogens with zero attached hydrogens (tertiary/aromatic N) is 5. The molecular weight excluding hydrogens is 318 g/mol. The van der Waals surface area contributed by atoms with E-state index >= 15 is 0 Å². The van der Waals surface area contributed by atoms with Gasteiger partial charge in [0.15, 0.2) is 5.82 Å². The van der Waals surface area contributed by atoms with Crippen molar-refractivity contribution >= 4 is 5.82 Å². The topological polar surface area (TPSA) is 76.3 Å². The summed E-state index contributed by atoms with van der Waals surface area (Å²) in [5.74, 6) is 2.18. The van der Waals surface area contributed by atoms with Crippen molar-refractivity contribution in [2.24, 2.45) is 0 Å². The number of rotatable bonds is 4. The minimum absolute atomic E-state index is 0.293. The van der Waals surface area contributed by atoms with E-state index in [1.807, 2.05) is 36.5 Å². The van der Waals surface area contributed by atoms with Crippen LogP contribution in [0.25, 0.3) is 17.1 Å². The average Bonchev–Trinajstić information content (AvgIpc) is 3.33. The normalized spacial score (nSPS) is 17.0. The lowest BCUT2D eigenvalue weighted by atomic mass is 10.1. The van der Waals surface area contributed by atoms with Crippen molar-refractivity contribution < 1.29 is 9.84 Å². The van der Waals surface area contributed by atoms with E-state index < -0.39 is 0 Å². The Balaban J connectivity index is 1.77. The predicted octanol–water partition coefficient (Wildman–Crippen LogP) is 1.91. The minimum atomic E-state index is -0.293. The van der Waals surface area contributed by atoms with Gasteiger partial charge in [0.2, 0.25) is 0 Å². The number of β-amino-alcohol motifs (C(OH)–C–C–N with tert-alkyl or cyclic N) is 1. The summed E-state index contributed by atoms with van der Waals surface area (Å²) in [6.45, 7) is 1.40. The molecule has 0 saturated carbocycles. The summed E-state index contributed by atoms with van der Waals surface area (Å²) in [5, 5.41) is 14.1. The van der Waals surface area contributed by atoms with Crippen molar-refractivity contribution in [2.45, 2.75) is 12.5 Å². The lowest BCUT2D eigenvalue weighted by Gasteiger charge is -2.17. The van der Waals surface area contributed by atoms with Crippen LogP contribution in [0.1, 0.15) is 6.42 Å². The van der Waals surface area contributed by atoms with Gasteiger partial charge >= 0.3 is 0 Å². The van der Waals surface area contributed by atoms with Gasteiger partial charge in [-0.2, -0.15) is 5.10 Å². The second kappa shape index (κ2) is 6.52. The van der Waals surface area contributed by atoms with E-state index in [1.165, 1.54) is 0 Å². The number of hydrogen-bond donors (Lipinski definition) is 1. The van der Waals surface area contributed by atoms with Gasteiger partial charge in [0.05, 0.1) is 18.9 Å². The molecule has 1 fully saturated rings. The maximum absolute atomic E-state index is 9.76. The van der Waals surface area contributed by atoms with Crippen LogP contribution in [0.5, 0.6) is 5.75 Å². The molecule has 128 valence electrons. The lowest BCUT2D eigenvalue weighted by Crippen LogP contribution is -2.22.